The summed E-state index contributed by atoms with van der Waals surface area (Å²) in [5, 5.41) is 14.9. The van der Waals surface area contributed by atoms with Crippen molar-refractivity contribution in [2.45, 2.75) is 47.5 Å². The Morgan fingerprint density at radius 3 is 2.45 bits per heavy atom. The maximum absolute atomic E-state index is 13.8. The number of phenols is 1. The molecule has 2 aromatic heterocycles. The van der Waals surface area contributed by atoms with Gasteiger partial charge in [0, 0.05) is 28.2 Å². The van der Waals surface area contributed by atoms with Gasteiger partial charge in [-0.05, 0) is 99.3 Å². The first-order chi connectivity index (χ1) is 19.2. The van der Waals surface area contributed by atoms with E-state index in [-0.39, 0.29) is 17.2 Å². The van der Waals surface area contributed by atoms with Crippen LogP contribution in [0.4, 0.5) is 0 Å². The fraction of sp³-hybridized carbons (Fsp3) is 0.242. The van der Waals surface area contributed by atoms with Crippen molar-refractivity contribution in [3.63, 3.8) is 0 Å². The summed E-state index contributed by atoms with van der Waals surface area (Å²) in [7, 11) is 0. The molecule has 0 saturated heterocycles. The lowest BCUT2D eigenvalue weighted by Gasteiger charge is -2.18. The lowest BCUT2D eigenvalue weighted by Crippen LogP contribution is -2.21. The highest BCUT2D eigenvalue weighted by Gasteiger charge is 2.19. The van der Waals surface area contributed by atoms with Gasteiger partial charge in [-0.1, -0.05) is 26.0 Å². The molecule has 0 atom stereocenters. The van der Waals surface area contributed by atoms with E-state index in [0.717, 1.165) is 45.1 Å². The number of fused-ring (bicyclic) bond motifs is 1. The monoisotopic (exact) mass is 534 g/mol. The van der Waals surface area contributed by atoms with Crippen molar-refractivity contribution < 1.29 is 9.84 Å². The minimum Gasteiger partial charge on any atom is -0.508 e. The molecule has 204 valence electrons. The molecule has 0 radical (unpaired) electrons. The van der Waals surface area contributed by atoms with E-state index in [9.17, 15) is 9.90 Å². The first-order valence-electron chi connectivity index (χ1n) is 13.5. The number of hydrogen-bond donors (Lipinski definition) is 1. The van der Waals surface area contributed by atoms with Crippen LogP contribution in [-0.4, -0.2) is 32.2 Å². The quantitative estimate of drug-likeness (QED) is 0.231. The molecule has 3 aromatic carbocycles. The molecule has 7 heteroatoms. The summed E-state index contributed by atoms with van der Waals surface area (Å²) in [5.41, 5.74) is 7.02. The number of para-hydroxylation sites is 1. The largest absolute Gasteiger partial charge is 0.508 e. The van der Waals surface area contributed by atoms with Gasteiger partial charge in [-0.3, -0.25) is 4.79 Å². The standard InChI is InChI=1S/C33H34N4O3/c1-7-40-31-16-21(4)29(18-28(31)20(2)3)32-35-30-11-9-8-10-27(30)33(39)37(32)34-19-24-17-22(5)36(23(24)6)25-12-14-26(38)15-13-25/h8-20,38H,7H2,1-6H3. The summed E-state index contributed by atoms with van der Waals surface area (Å²) >= 11 is 0. The Morgan fingerprint density at radius 1 is 1.02 bits per heavy atom. The van der Waals surface area contributed by atoms with Crippen molar-refractivity contribution in [2.24, 2.45) is 5.10 Å². The zero-order chi connectivity index (χ0) is 28.6. The van der Waals surface area contributed by atoms with Gasteiger partial charge in [0.25, 0.3) is 5.56 Å². The summed E-state index contributed by atoms with van der Waals surface area (Å²) in [6.45, 7) is 12.8. The van der Waals surface area contributed by atoms with Crippen LogP contribution in [0.3, 0.4) is 0 Å². The molecule has 0 aliphatic rings. The Bertz CT molecular complexity index is 1790. The van der Waals surface area contributed by atoms with Gasteiger partial charge in [0.05, 0.1) is 23.7 Å². The molecule has 0 spiro atoms. The molecule has 0 saturated carbocycles. The summed E-state index contributed by atoms with van der Waals surface area (Å²) in [6, 6.07) is 20.5. The number of aromatic nitrogens is 3. The first-order valence-corrected chi connectivity index (χ1v) is 13.5. The van der Waals surface area contributed by atoms with E-state index < -0.39 is 0 Å². The average molecular weight is 535 g/mol. The van der Waals surface area contributed by atoms with Crippen molar-refractivity contribution >= 4 is 17.1 Å². The van der Waals surface area contributed by atoms with Crippen molar-refractivity contribution in [3.05, 3.63) is 105 Å². The lowest BCUT2D eigenvalue weighted by atomic mass is 9.96. The molecule has 0 aliphatic carbocycles. The fourth-order valence-corrected chi connectivity index (χ4v) is 5.11. The predicted molar refractivity (Wildman–Crippen MR) is 161 cm³/mol. The number of aromatic hydroxyl groups is 1. The van der Waals surface area contributed by atoms with Gasteiger partial charge >= 0.3 is 0 Å². The smallest absolute Gasteiger partial charge is 0.282 e. The third-order valence-electron chi connectivity index (χ3n) is 7.16. The van der Waals surface area contributed by atoms with E-state index in [2.05, 4.69) is 24.5 Å². The molecule has 7 nitrogen and oxygen atoms in total. The van der Waals surface area contributed by atoms with Gasteiger partial charge in [-0.25, -0.2) is 4.98 Å². The highest BCUT2D eigenvalue weighted by molar-refractivity contribution is 5.84. The normalized spacial score (nSPS) is 11.7. The van der Waals surface area contributed by atoms with Crippen LogP contribution in [0.25, 0.3) is 28.0 Å². The highest BCUT2D eigenvalue weighted by Crippen LogP contribution is 2.34. The molecule has 0 unspecified atom stereocenters. The molecule has 0 fully saturated rings. The predicted octanol–water partition coefficient (Wildman–Crippen LogP) is 6.89. The SMILES string of the molecule is CCOc1cc(C)c(-c2nc3ccccc3c(=O)n2N=Cc2cc(C)n(-c3ccc(O)cc3)c2C)cc1C(C)C. The average Bonchev–Trinajstić information content (AvgIpc) is 3.21. The number of phenolic OH excluding ortho intramolecular Hbond substituents is 1. The summed E-state index contributed by atoms with van der Waals surface area (Å²) in [6.07, 6.45) is 1.72. The number of rotatable bonds is 7. The van der Waals surface area contributed by atoms with E-state index in [1.165, 1.54) is 4.68 Å². The molecule has 1 N–H and O–H groups in total. The molecule has 0 aliphatic heterocycles. The second kappa shape index (κ2) is 10.8. The van der Waals surface area contributed by atoms with Gasteiger partial charge in [0.2, 0.25) is 0 Å². The Morgan fingerprint density at radius 2 is 1.75 bits per heavy atom. The van der Waals surface area contributed by atoms with Crippen molar-refractivity contribution in [2.75, 3.05) is 6.61 Å². The van der Waals surface area contributed by atoms with Crippen LogP contribution >= 0.6 is 0 Å². The fourth-order valence-electron chi connectivity index (χ4n) is 5.11. The van der Waals surface area contributed by atoms with E-state index in [1.807, 2.05) is 70.2 Å². The highest BCUT2D eigenvalue weighted by atomic mass is 16.5. The zero-order valence-electron chi connectivity index (χ0n) is 23.8. The van der Waals surface area contributed by atoms with Crippen LogP contribution in [0.1, 0.15) is 54.8 Å². The maximum atomic E-state index is 13.8. The van der Waals surface area contributed by atoms with Gasteiger partial charge in [-0.2, -0.15) is 9.78 Å². The van der Waals surface area contributed by atoms with Crippen LogP contribution in [0, 0.1) is 20.8 Å². The summed E-state index contributed by atoms with van der Waals surface area (Å²) in [4.78, 5) is 18.7. The van der Waals surface area contributed by atoms with Crippen molar-refractivity contribution in [3.8, 4) is 28.6 Å². The van der Waals surface area contributed by atoms with Crippen LogP contribution in [0.2, 0.25) is 0 Å². The van der Waals surface area contributed by atoms with Gasteiger partial charge in [-0.15, -0.1) is 0 Å². The Labute approximate surface area is 234 Å². The number of ether oxygens (including phenoxy) is 1. The third-order valence-corrected chi connectivity index (χ3v) is 7.16. The number of nitrogens with zero attached hydrogens (tertiary/aromatic N) is 4. The second-order valence-electron chi connectivity index (χ2n) is 10.3. The molecule has 5 rings (SSSR count). The molecular weight excluding hydrogens is 500 g/mol. The minimum absolute atomic E-state index is 0.217. The van der Waals surface area contributed by atoms with Crippen LogP contribution < -0.4 is 10.3 Å². The topological polar surface area (TPSA) is 81.6 Å². The van der Waals surface area contributed by atoms with E-state index in [1.54, 1.807) is 24.4 Å². The minimum atomic E-state index is -0.233. The number of benzene rings is 3. The Balaban J connectivity index is 1.69. The van der Waals surface area contributed by atoms with Gasteiger partial charge in [0.1, 0.15) is 11.5 Å². The van der Waals surface area contributed by atoms with Gasteiger partial charge < -0.3 is 14.4 Å². The summed E-state index contributed by atoms with van der Waals surface area (Å²) < 4.78 is 9.43. The van der Waals surface area contributed by atoms with E-state index in [0.29, 0.717) is 23.3 Å². The maximum Gasteiger partial charge on any atom is 0.282 e. The first kappa shape index (κ1) is 26.9. The van der Waals surface area contributed by atoms with Crippen LogP contribution in [-0.2, 0) is 0 Å². The summed E-state index contributed by atoms with van der Waals surface area (Å²) in [5.74, 6) is 1.76. The third kappa shape index (κ3) is 4.91. The molecule has 40 heavy (non-hydrogen) atoms. The Kier molecular flexibility index (Phi) is 7.30. The zero-order valence-corrected chi connectivity index (χ0v) is 23.8. The molecule has 0 amide bonds. The molecule has 2 heterocycles. The Hall–Kier alpha value is -4.65. The van der Waals surface area contributed by atoms with Crippen LogP contribution in [0.15, 0.2) is 76.6 Å². The molecule has 0 bridgehead atoms. The lowest BCUT2D eigenvalue weighted by molar-refractivity contribution is 0.335. The van der Waals surface area contributed by atoms with E-state index >= 15 is 0 Å². The van der Waals surface area contributed by atoms with Crippen molar-refractivity contribution in [1.82, 2.24) is 14.2 Å². The molecular formula is C33H34N4O3. The van der Waals surface area contributed by atoms with Crippen molar-refractivity contribution in [1.29, 1.82) is 0 Å². The second-order valence-corrected chi connectivity index (χ2v) is 10.3. The number of aryl methyl sites for hydroxylation is 2. The van der Waals surface area contributed by atoms with Crippen LogP contribution in [0.5, 0.6) is 11.5 Å². The van der Waals surface area contributed by atoms with Gasteiger partial charge in [0.15, 0.2) is 5.82 Å². The molecule has 5 aromatic rings. The van der Waals surface area contributed by atoms with E-state index in [4.69, 9.17) is 14.8 Å². The number of hydrogen-bond acceptors (Lipinski definition) is 5.